The van der Waals surface area contributed by atoms with Crippen LogP contribution in [0.2, 0.25) is 5.02 Å². The SMILES string of the molecule is OC(CNCC[C@@](Cc1ccccc1)(c1cc(F)cc(OC(F)(F)C(F)F)c1)c1ccc(Cl)cn1)C(F)(F)F. The first-order valence-electron chi connectivity index (χ1n) is 11.5. The Morgan fingerprint density at radius 3 is 2.26 bits per heavy atom. The van der Waals surface area contributed by atoms with Crippen LogP contribution in [0.15, 0.2) is 66.9 Å². The van der Waals surface area contributed by atoms with Gasteiger partial charge >= 0.3 is 18.7 Å². The summed E-state index contributed by atoms with van der Waals surface area (Å²) in [6, 6.07) is 14.0. The van der Waals surface area contributed by atoms with Crippen molar-refractivity contribution in [2.75, 3.05) is 13.1 Å². The monoisotopic (exact) mass is 582 g/mol. The number of nitrogens with one attached hydrogen (secondary N) is 1. The van der Waals surface area contributed by atoms with E-state index in [9.17, 15) is 40.2 Å². The summed E-state index contributed by atoms with van der Waals surface area (Å²) >= 11 is 5.98. The summed E-state index contributed by atoms with van der Waals surface area (Å²) in [5.41, 5.74) is -0.512. The average molecular weight is 583 g/mol. The number of benzene rings is 2. The topological polar surface area (TPSA) is 54.4 Å². The van der Waals surface area contributed by atoms with Gasteiger partial charge in [-0.3, -0.25) is 4.98 Å². The largest absolute Gasteiger partial charge is 0.461 e. The lowest BCUT2D eigenvalue weighted by Crippen LogP contribution is -2.41. The van der Waals surface area contributed by atoms with Gasteiger partial charge in [0.15, 0.2) is 6.10 Å². The van der Waals surface area contributed by atoms with Crippen LogP contribution in [-0.2, 0) is 11.8 Å². The van der Waals surface area contributed by atoms with E-state index in [1.807, 2.05) is 0 Å². The molecule has 0 aliphatic heterocycles. The van der Waals surface area contributed by atoms with Gasteiger partial charge in [-0.2, -0.15) is 30.7 Å². The van der Waals surface area contributed by atoms with E-state index in [-0.39, 0.29) is 35.7 Å². The predicted octanol–water partition coefficient (Wildman–Crippen LogP) is 6.54. The van der Waals surface area contributed by atoms with Crippen LogP contribution in [0.1, 0.15) is 23.2 Å². The fraction of sp³-hybridized carbons (Fsp3) is 0.346. The van der Waals surface area contributed by atoms with Crippen LogP contribution in [-0.4, -0.2) is 48.0 Å². The van der Waals surface area contributed by atoms with Gasteiger partial charge in [-0.25, -0.2) is 4.39 Å². The second kappa shape index (κ2) is 12.5. The number of aliphatic hydroxyl groups excluding tert-OH is 1. The van der Waals surface area contributed by atoms with Gasteiger partial charge in [-0.05, 0) is 54.8 Å². The van der Waals surface area contributed by atoms with Crippen molar-refractivity contribution in [2.45, 2.75) is 43.1 Å². The molecule has 2 N–H and O–H groups in total. The molecule has 2 aromatic carbocycles. The van der Waals surface area contributed by atoms with Crippen LogP contribution in [0.25, 0.3) is 0 Å². The minimum Gasteiger partial charge on any atom is -0.428 e. The third kappa shape index (κ3) is 8.02. The number of halogens is 9. The first-order chi connectivity index (χ1) is 18.2. The van der Waals surface area contributed by atoms with Crippen molar-refractivity contribution < 1.29 is 45.0 Å². The van der Waals surface area contributed by atoms with Crippen molar-refractivity contribution in [3.05, 3.63) is 94.5 Å². The van der Waals surface area contributed by atoms with E-state index in [2.05, 4.69) is 15.0 Å². The van der Waals surface area contributed by atoms with E-state index >= 15 is 0 Å². The Balaban J connectivity index is 2.11. The first kappa shape index (κ1) is 30.6. The smallest absolute Gasteiger partial charge is 0.428 e. The summed E-state index contributed by atoms with van der Waals surface area (Å²) in [7, 11) is 0. The van der Waals surface area contributed by atoms with Crippen LogP contribution < -0.4 is 10.1 Å². The van der Waals surface area contributed by atoms with Crippen molar-refractivity contribution in [1.82, 2.24) is 10.3 Å². The molecule has 1 unspecified atom stereocenters. The Hall–Kier alpha value is -2.96. The lowest BCUT2D eigenvalue weighted by molar-refractivity contribution is -0.253. The van der Waals surface area contributed by atoms with Crippen molar-refractivity contribution in [3.8, 4) is 5.75 Å². The van der Waals surface area contributed by atoms with Crippen molar-refractivity contribution in [1.29, 1.82) is 0 Å². The van der Waals surface area contributed by atoms with Crippen LogP contribution in [0.4, 0.5) is 35.1 Å². The lowest BCUT2D eigenvalue weighted by atomic mass is 9.70. The summed E-state index contributed by atoms with van der Waals surface area (Å²) in [5, 5.41) is 12.1. The molecule has 0 saturated carbocycles. The average Bonchev–Trinajstić information content (AvgIpc) is 2.85. The Bertz CT molecular complexity index is 1210. The van der Waals surface area contributed by atoms with Gasteiger partial charge in [0.2, 0.25) is 0 Å². The van der Waals surface area contributed by atoms with E-state index < -0.39 is 48.3 Å². The zero-order chi connectivity index (χ0) is 28.8. The highest BCUT2D eigenvalue weighted by Gasteiger charge is 2.45. The van der Waals surface area contributed by atoms with Crippen LogP contribution in [0.5, 0.6) is 5.75 Å². The highest BCUT2D eigenvalue weighted by molar-refractivity contribution is 6.30. The fourth-order valence-corrected chi connectivity index (χ4v) is 4.17. The maximum absolute atomic E-state index is 14.8. The maximum Gasteiger partial charge on any atom is 0.461 e. The van der Waals surface area contributed by atoms with Crippen molar-refractivity contribution >= 4 is 11.6 Å². The predicted molar refractivity (Wildman–Crippen MR) is 128 cm³/mol. The number of hydrogen-bond donors (Lipinski definition) is 2. The number of rotatable bonds is 12. The molecule has 0 radical (unpaired) electrons. The highest BCUT2D eigenvalue weighted by Crippen LogP contribution is 2.41. The van der Waals surface area contributed by atoms with E-state index in [0.29, 0.717) is 11.6 Å². The van der Waals surface area contributed by atoms with Gasteiger partial charge in [0, 0.05) is 24.2 Å². The van der Waals surface area contributed by atoms with Crippen LogP contribution in [0.3, 0.4) is 0 Å². The minimum absolute atomic E-state index is 0.0144. The number of ether oxygens (including phenoxy) is 1. The van der Waals surface area contributed by atoms with Gasteiger partial charge in [0.05, 0.1) is 10.7 Å². The molecule has 4 nitrogen and oxygen atoms in total. The molecule has 0 fully saturated rings. The fourth-order valence-electron chi connectivity index (χ4n) is 4.06. The zero-order valence-corrected chi connectivity index (χ0v) is 20.8. The third-order valence-electron chi connectivity index (χ3n) is 5.94. The van der Waals surface area contributed by atoms with E-state index in [0.717, 1.165) is 12.1 Å². The molecule has 3 aromatic rings. The number of pyridine rings is 1. The Labute approximate surface area is 223 Å². The number of hydrogen-bond acceptors (Lipinski definition) is 4. The van der Waals surface area contributed by atoms with Gasteiger partial charge in [0.25, 0.3) is 0 Å². The van der Waals surface area contributed by atoms with Crippen molar-refractivity contribution in [2.24, 2.45) is 0 Å². The molecular weight excluding hydrogens is 560 g/mol. The molecule has 1 heterocycles. The summed E-state index contributed by atoms with van der Waals surface area (Å²) in [6.07, 6.45) is -15.4. The summed E-state index contributed by atoms with van der Waals surface area (Å²) in [6.45, 7) is -1.03. The molecule has 1 aromatic heterocycles. The van der Waals surface area contributed by atoms with Gasteiger partial charge < -0.3 is 15.2 Å². The molecular formula is C26H23ClF8N2O2. The van der Waals surface area contributed by atoms with E-state index in [1.165, 1.54) is 18.3 Å². The Kier molecular flexibility index (Phi) is 9.78. The number of alkyl halides is 7. The molecule has 0 aliphatic rings. The lowest BCUT2D eigenvalue weighted by Gasteiger charge is -2.35. The molecule has 0 spiro atoms. The first-order valence-corrected chi connectivity index (χ1v) is 11.9. The molecule has 212 valence electrons. The van der Waals surface area contributed by atoms with Gasteiger partial charge in [-0.1, -0.05) is 41.9 Å². The van der Waals surface area contributed by atoms with E-state index in [1.54, 1.807) is 30.3 Å². The number of aliphatic hydroxyl groups is 1. The molecule has 0 amide bonds. The van der Waals surface area contributed by atoms with Gasteiger partial charge in [0.1, 0.15) is 11.6 Å². The molecule has 13 heteroatoms. The molecule has 0 aliphatic carbocycles. The summed E-state index contributed by atoms with van der Waals surface area (Å²) in [5.74, 6) is -1.97. The normalized spacial score (nSPS) is 14.7. The number of aromatic nitrogens is 1. The van der Waals surface area contributed by atoms with Crippen molar-refractivity contribution in [3.63, 3.8) is 0 Å². The summed E-state index contributed by atoms with van der Waals surface area (Å²) in [4.78, 5) is 4.32. The molecule has 0 bridgehead atoms. The molecule has 3 rings (SSSR count). The molecule has 0 saturated heterocycles. The third-order valence-corrected chi connectivity index (χ3v) is 6.17. The zero-order valence-electron chi connectivity index (χ0n) is 20.0. The second-order valence-corrected chi connectivity index (χ2v) is 9.19. The highest BCUT2D eigenvalue weighted by atomic mass is 35.5. The van der Waals surface area contributed by atoms with Crippen LogP contribution >= 0.6 is 11.6 Å². The molecule has 39 heavy (non-hydrogen) atoms. The second-order valence-electron chi connectivity index (χ2n) is 8.76. The summed E-state index contributed by atoms with van der Waals surface area (Å²) < 4.78 is 110. The minimum atomic E-state index is -4.92. The van der Waals surface area contributed by atoms with E-state index in [4.69, 9.17) is 11.6 Å². The van der Waals surface area contributed by atoms with Gasteiger partial charge in [-0.15, -0.1) is 0 Å². The quantitative estimate of drug-likeness (QED) is 0.188. The standard InChI is InChI=1S/C26H23ClF8N2O2/c27-18-6-7-21(37-14-18)24(13-16-4-2-1-3-5-16,8-9-36-15-22(38)25(31,32)33)17-10-19(28)12-20(11-17)39-26(34,35)23(29)30/h1-7,10-12,14,22-23,36,38H,8-9,13,15H2/t22?,24-/m1/s1. The Morgan fingerprint density at radius 1 is 0.974 bits per heavy atom. The Morgan fingerprint density at radius 2 is 1.67 bits per heavy atom. The molecule has 2 atom stereocenters. The maximum atomic E-state index is 14.8. The van der Waals surface area contributed by atoms with Crippen LogP contribution in [0, 0.1) is 5.82 Å². The number of nitrogens with zero attached hydrogens (tertiary/aromatic N) is 1.